The maximum absolute atomic E-state index is 14.2. The molecule has 3 rings (SSSR count). The molecule has 7 nitrogen and oxygen atoms in total. The number of aromatic nitrogens is 1. The zero-order valence-electron chi connectivity index (χ0n) is 13.9. The van der Waals surface area contributed by atoms with Gasteiger partial charge in [0.2, 0.25) is 0 Å². The van der Waals surface area contributed by atoms with Gasteiger partial charge in [-0.2, -0.15) is 5.26 Å². The average Bonchev–Trinajstić information content (AvgIpc) is 2.65. The van der Waals surface area contributed by atoms with Crippen molar-refractivity contribution >= 4 is 29.2 Å². The molecule has 0 bridgehead atoms. The Morgan fingerprint density at radius 1 is 1.43 bits per heavy atom. The second-order valence-corrected chi connectivity index (χ2v) is 6.18. The van der Waals surface area contributed by atoms with Gasteiger partial charge in [-0.25, -0.2) is 23.1 Å². The number of hydrogen-bond acceptors (Lipinski definition) is 6. The number of alkyl halides is 2. The molecule has 0 fully saturated rings. The molecule has 1 aliphatic heterocycles. The smallest absolute Gasteiger partial charge is 0.307 e. The predicted molar refractivity (Wildman–Crippen MR) is 93.6 cm³/mol. The first-order chi connectivity index (χ1) is 13.2. The van der Waals surface area contributed by atoms with Gasteiger partial charge in [0.1, 0.15) is 17.6 Å². The highest BCUT2D eigenvalue weighted by Gasteiger charge is 2.46. The molecule has 2 aromatic rings. The molecule has 144 valence electrons. The average molecular weight is 410 g/mol. The summed E-state index contributed by atoms with van der Waals surface area (Å²) in [7, 11) is 0. The van der Waals surface area contributed by atoms with E-state index in [4.69, 9.17) is 22.6 Å². The number of carbonyl (C=O) groups excluding carboxylic acids is 1. The van der Waals surface area contributed by atoms with Crippen molar-refractivity contribution in [1.82, 2.24) is 4.98 Å². The number of ether oxygens (including phenoxy) is 1. The second kappa shape index (κ2) is 7.36. The summed E-state index contributed by atoms with van der Waals surface area (Å²) >= 11 is 5.92. The van der Waals surface area contributed by atoms with E-state index >= 15 is 0 Å². The van der Waals surface area contributed by atoms with Crippen LogP contribution < -0.4 is 11.1 Å². The summed E-state index contributed by atoms with van der Waals surface area (Å²) in [6, 6.07) is 3.79. The first kappa shape index (κ1) is 19.4. The Hall–Kier alpha value is -3.32. The third-order valence-corrected chi connectivity index (χ3v) is 4.09. The zero-order chi connectivity index (χ0) is 20.5. The number of nitriles is 1. The van der Waals surface area contributed by atoms with Crippen molar-refractivity contribution in [3.8, 4) is 6.07 Å². The van der Waals surface area contributed by atoms with Crippen molar-refractivity contribution in [2.24, 2.45) is 10.7 Å². The van der Waals surface area contributed by atoms with E-state index in [0.29, 0.717) is 0 Å². The summed E-state index contributed by atoms with van der Waals surface area (Å²) < 4.78 is 46.9. The number of rotatable bonds is 3. The molecule has 2 heterocycles. The molecule has 1 atom stereocenters. The lowest BCUT2D eigenvalue weighted by Crippen LogP contribution is -2.40. The summed E-state index contributed by atoms with van der Waals surface area (Å²) in [4.78, 5) is 19.6. The summed E-state index contributed by atoms with van der Waals surface area (Å²) in [5.41, 5.74) is 4.84. The second-order valence-electron chi connectivity index (χ2n) is 5.78. The van der Waals surface area contributed by atoms with E-state index in [0.717, 1.165) is 18.3 Å². The van der Waals surface area contributed by atoms with Gasteiger partial charge in [0.15, 0.2) is 12.6 Å². The quantitative estimate of drug-likeness (QED) is 0.808. The summed E-state index contributed by atoms with van der Waals surface area (Å²) in [5.74, 6) is -5.21. The number of nitrogens with zero attached hydrogens (tertiary/aromatic N) is 3. The Bertz CT molecular complexity index is 1020. The number of benzene rings is 1. The fraction of sp³-hybridized carbons (Fsp3) is 0.176. The van der Waals surface area contributed by atoms with Crippen LogP contribution in [0, 0.1) is 17.1 Å². The van der Waals surface area contributed by atoms with Crippen LogP contribution in [0.3, 0.4) is 0 Å². The third kappa shape index (κ3) is 3.84. The molecule has 0 saturated carbocycles. The molecule has 28 heavy (non-hydrogen) atoms. The number of aliphatic imine (C=N–C) groups is 1. The van der Waals surface area contributed by atoms with Crippen LogP contribution in [-0.2, 0) is 4.74 Å². The van der Waals surface area contributed by atoms with Crippen LogP contribution in [-0.4, -0.2) is 29.4 Å². The van der Waals surface area contributed by atoms with E-state index in [-0.39, 0.29) is 22.0 Å². The van der Waals surface area contributed by atoms with Gasteiger partial charge in [0.25, 0.3) is 11.9 Å². The van der Waals surface area contributed by atoms with Gasteiger partial charge in [-0.15, -0.1) is 0 Å². The molecule has 1 aromatic heterocycles. The van der Waals surface area contributed by atoms with Crippen molar-refractivity contribution in [2.75, 3.05) is 11.9 Å². The predicted octanol–water partition coefficient (Wildman–Crippen LogP) is 3.02. The largest absolute Gasteiger partial charge is 0.459 e. The van der Waals surface area contributed by atoms with Gasteiger partial charge in [-0.1, -0.05) is 11.6 Å². The topological polar surface area (TPSA) is 113 Å². The molecule has 11 heteroatoms. The van der Waals surface area contributed by atoms with Gasteiger partial charge < -0.3 is 15.8 Å². The highest BCUT2D eigenvalue weighted by atomic mass is 35.5. The van der Waals surface area contributed by atoms with Crippen molar-refractivity contribution < 1.29 is 22.7 Å². The summed E-state index contributed by atoms with van der Waals surface area (Å²) in [5, 5.41) is 11.1. The molecule has 0 spiro atoms. The Kier molecular flexibility index (Phi) is 5.11. The number of pyridine rings is 1. The van der Waals surface area contributed by atoms with Crippen molar-refractivity contribution in [3.63, 3.8) is 0 Å². The van der Waals surface area contributed by atoms with Crippen LogP contribution in [0.5, 0.6) is 0 Å². The highest BCUT2D eigenvalue weighted by molar-refractivity contribution is 6.34. The Balaban J connectivity index is 1.91. The van der Waals surface area contributed by atoms with Gasteiger partial charge >= 0.3 is 5.92 Å². The van der Waals surface area contributed by atoms with E-state index in [9.17, 15) is 18.0 Å². The fourth-order valence-corrected chi connectivity index (χ4v) is 2.74. The molecule has 1 aliphatic rings. The van der Waals surface area contributed by atoms with E-state index in [1.54, 1.807) is 0 Å². The number of hydrogen-bond donors (Lipinski definition) is 2. The van der Waals surface area contributed by atoms with E-state index in [2.05, 4.69) is 20.0 Å². The number of anilines is 1. The molecule has 1 aromatic carbocycles. The molecule has 1 amide bonds. The molecule has 0 saturated heterocycles. The molecular formula is C17H11ClF3N5O2. The van der Waals surface area contributed by atoms with E-state index in [1.165, 1.54) is 12.1 Å². The van der Waals surface area contributed by atoms with Crippen LogP contribution in [0.25, 0.3) is 0 Å². The fourth-order valence-electron chi connectivity index (χ4n) is 2.49. The molecule has 1 unspecified atom stereocenters. The normalized spacial score (nSPS) is 17.8. The third-order valence-electron chi connectivity index (χ3n) is 3.80. The molecule has 0 radical (unpaired) electrons. The number of amidine groups is 1. The van der Waals surface area contributed by atoms with Gasteiger partial charge in [0.05, 0.1) is 10.6 Å². The number of nitrogens with one attached hydrogen (secondary N) is 1. The van der Waals surface area contributed by atoms with Gasteiger partial charge in [-0.05, 0) is 24.3 Å². The van der Waals surface area contributed by atoms with Gasteiger partial charge in [-0.3, -0.25) is 4.79 Å². The maximum Gasteiger partial charge on any atom is 0.307 e. The Morgan fingerprint density at radius 2 is 2.18 bits per heavy atom. The summed E-state index contributed by atoms with van der Waals surface area (Å²) in [6.07, 6.45) is 1.15. The van der Waals surface area contributed by atoms with Gasteiger partial charge in [0, 0.05) is 17.4 Å². The molecular weight excluding hydrogens is 399 g/mol. The lowest BCUT2D eigenvalue weighted by molar-refractivity contribution is -0.0788. The van der Waals surface area contributed by atoms with Crippen molar-refractivity contribution in [2.45, 2.75) is 12.0 Å². The first-order valence-electron chi connectivity index (χ1n) is 7.71. The number of amides is 1. The minimum absolute atomic E-state index is 0.0136. The Labute approximate surface area is 161 Å². The molecule has 3 N–H and O–H groups in total. The van der Waals surface area contributed by atoms with Crippen LogP contribution in [0.1, 0.15) is 27.7 Å². The van der Waals surface area contributed by atoms with Crippen molar-refractivity contribution in [3.05, 3.63) is 58.1 Å². The monoisotopic (exact) mass is 409 g/mol. The Morgan fingerprint density at radius 3 is 2.86 bits per heavy atom. The lowest BCUT2D eigenvalue weighted by atomic mass is 9.99. The van der Waals surface area contributed by atoms with Crippen LogP contribution in [0.15, 0.2) is 35.5 Å². The standard InChI is InChI=1S/C17H11ClF3N5O2/c18-11-3-8(5-22)6-24-13(11)15(27)25-9-1-2-12(19)10(4-9)14-17(20,21)7-28-16(23)26-14/h1-4,6,14H,7H2,(H2,23,26)(H,25,27). The maximum atomic E-state index is 14.2. The highest BCUT2D eigenvalue weighted by Crippen LogP contribution is 2.39. The first-order valence-corrected chi connectivity index (χ1v) is 8.09. The number of halogens is 4. The van der Waals surface area contributed by atoms with Crippen LogP contribution >= 0.6 is 11.6 Å². The minimum atomic E-state index is -3.50. The van der Waals surface area contributed by atoms with Crippen LogP contribution in [0.2, 0.25) is 5.02 Å². The van der Waals surface area contributed by atoms with E-state index in [1.807, 2.05) is 6.07 Å². The number of nitrogens with two attached hydrogens (primary N) is 1. The number of carbonyl (C=O) groups is 1. The molecule has 0 aliphatic carbocycles. The van der Waals surface area contributed by atoms with E-state index < -0.39 is 41.9 Å². The minimum Gasteiger partial charge on any atom is -0.459 e. The lowest BCUT2D eigenvalue weighted by Gasteiger charge is -2.28. The summed E-state index contributed by atoms with van der Waals surface area (Å²) in [6.45, 7) is -1.05. The van der Waals surface area contributed by atoms with Crippen molar-refractivity contribution in [1.29, 1.82) is 5.26 Å². The zero-order valence-corrected chi connectivity index (χ0v) is 14.7. The van der Waals surface area contributed by atoms with Crippen LogP contribution in [0.4, 0.5) is 18.9 Å². The SMILES string of the molecule is N#Cc1cnc(C(=O)Nc2ccc(F)c(C3N=C(N)OCC3(F)F)c2)c(Cl)c1.